The van der Waals surface area contributed by atoms with Crippen LogP contribution in [0.2, 0.25) is 0 Å². The van der Waals surface area contributed by atoms with Gasteiger partial charge in [-0.15, -0.1) is 0 Å². The molecule has 1 aliphatic heterocycles. The van der Waals surface area contributed by atoms with Crippen molar-refractivity contribution in [2.24, 2.45) is 5.92 Å². The van der Waals surface area contributed by atoms with Crippen LogP contribution in [0.5, 0.6) is 0 Å². The van der Waals surface area contributed by atoms with E-state index in [0.29, 0.717) is 5.69 Å². The molecule has 0 radical (unpaired) electrons. The first kappa shape index (κ1) is 18.4. The smallest absolute Gasteiger partial charge is 0.274 e. The van der Waals surface area contributed by atoms with Gasteiger partial charge in [0.05, 0.1) is 0 Å². The minimum absolute atomic E-state index is 0.183. The number of hydrogen-bond acceptors (Lipinski definition) is 4. The van der Waals surface area contributed by atoms with Crippen molar-refractivity contribution >= 4 is 17.4 Å². The van der Waals surface area contributed by atoms with E-state index in [2.05, 4.69) is 15.2 Å². The number of rotatable bonds is 4. The third-order valence-electron chi connectivity index (χ3n) is 5.12. The fraction of sp³-hybridized carbons (Fsp3) is 0.429. The molecule has 1 aromatic heterocycles. The van der Waals surface area contributed by atoms with Crippen molar-refractivity contribution in [3.8, 4) is 0 Å². The average Bonchev–Trinajstić information content (AvgIpc) is 2.65. The Morgan fingerprint density at radius 1 is 1.19 bits per heavy atom. The molecule has 1 amide bonds. The van der Waals surface area contributed by atoms with E-state index in [9.17, 15) is 9.90 Å². The van der Waals surface area contributed by atoms with E-state index >= 15 is 0 Å². The fourth-order valence-corrected chi connectivity index (χ4v) is 3.53. The Balaban J connectivity index is 1.84. The van der Waals surface area contributed by atoms with Crippen molar-refractivity contribution < 1.29 is 9.90 Å². The summed E-state index contributed by atoms with van der Waals surface area (Å²) in [6.07, 6.45) is 2.07. The van der Waals surface area contributed by atoms with Crippen LogP contribution in [0.15, 0.2) is 30.3 Å². The first-order valence-corrected chi connectivity index (χ1v) is 9.20. The number of nitrogens with one attached hydrogen (secondary N) is 1. The van der Waals surface area contributed by atoms with Gasteiger partial charge in [-0.2, -0.15) is 0 Å². The van der Waals surface area contributed by atoms with Crippen LogP contribution < -0.4 is 10.2 Å². The number of aliphatic hydroxyl groups is 1. The van der Waals surface area contributed by atoms with Crippen LogP contribution in [0.4, 0.5) is 11.5 Å². The maximum atomic E-state index is 12.9. The lowest BCUT2D eigenvalue weighted by Crippen LogP contribution is -2.37. The van der Waals surface area contributed by atoms with Crippen molar-refractivity contribution in [3.63, 3.8) is 0 Å². The summed E-state index contributed by atoms with van der Waals surface area (Å²) < 4.78 is 0. The van der Waals surface area contributed by atoms with Crippen molar-refractivity contribution in [2.75, 3.05) is 29.9 Å². The van der Waals surface area contributed by atoms with Crippen LogP contribution in [0.25, 0.3) is 0 Å². The molecule has 5 nitrogen and oxygen atoms in total. The summed E-state index contributed by atoms with van der Waals surface area (Å²) in [5.41, 5.74) is 4.23. The predicted molar refractivity (Wildman–Crippen MR) is 105 cm³/mol. The highest BCUT2D eigenvalue weighted by molar-refractivity contribution is 6.04. The SMILES string of the molecule is Cc1ccc(N2CCCC(CO)C2)nc1C(=O)Nc1c(C)cccc1C. The quantitative estimate of drug-likeness (QED) is 0.883. The molecule has 0 aliphatic carbocycles. The second kappa shape index (κ2) is 7.87. The Hall–Kier alpha value is -2.40. The van der Waals surface area contributed by atoms with E-state index in [4.69, 9.17) is 0 Å². The van der Waals surface area contributed by atoms with Gasteiger partial charge in [-0.3, -0.25) is 4.79 Å². The summed E-state index contributed by atoms with van der Waals surface area (Å²) in [7, 11) is 0. The molecule has 0 bridgehead atoms. The molecule has 2 heterocycles. The van der Waals surface area contributed by atoms with Gasteiger partial charge in [0.25, 0.3) is 5.91 Å². The summed E-state index contributed by atoms with van der Waals surface area (Å²) in [6, 6.07) is 9.87. The number of carbonyl (C=O) groups excluding carboxylic acids is 1. The molecule has 1 aromatic carbocycles. The van der Waals surface area contributed by atoms with Gasteiger partial charge < -0.3 is 15.3 Å². The Kier molecular flexibility index (Phi) is 5.57. The summed E-state index contributed by atoms with van der Waals surface area (Å²) in [5.74, 6) is 0.900. The third kappa shape index (κ3) is 3.88. The van der Waals surface area contributed by atoms with E-state index in [-0.39, 0.29) is 18.4 Å². The summed E-state index contributed by atoms with van der Waals surface area (Å²) >= 11 is 0. The Morgan fingerprint density at radius 2 is 1.92 bits per heavy atom. The van der Waals surface area contributed by atoms with Gasteiger partial charge in [0.2, 0.25) is 0 Å². The van der Waals surface area contributed by atoms with Gasteiger partial charge in [0.1, 0.15) is 11.5 Å². The van der Waals surface area contributed by atoms with E-state index < -0.39 is 0 Å². The maximum absolute atomic E-state index is 12.9. The minimum Gasteiger partial charge on any atom is -0.396 e. The van der Waals surface area contributed by atoms with Gasteiger partial charge >= 0.3 is 0 Å². The highest BCUT2D eigenvalue weighted by atomic mass is 16.3. The Labute approximate surface area is 155 Å². The molecule has 138 valence electrons. The largest absolute Gasteiger partial charge is 0.396 e. The molecule has 0 saturated carbocycles. The topological polar surface area (TPSA) is 65.5 Å². The Morgan fingerprint density at radius 3 is 2.62 bits per heavy atom. The number of aryl methyl sites for hydroxylation is 3. The molecule has 1 unspecified atom stereocenters. The molecule has 0 spiro atoms. The maximum Gasteiger partial charge on any atom is 0.274 e. The van der Waals surface area contributed by atoms with Crippen molar-refractivity contribution in [3.05, 3.63) is 52.7 Å². The van der Waals surface area contributed by atoms with Gasteiger partial charge in [0, 0.05) is 25.4 Å². The second-order valence-electron chi connectivity index (χ2n) is 7.19. The Bertz CT molecular complexity index is 784. The average molecular weight is 353 g/mol. The van der Waals surface area contributed by atoms with Crippen molar-refractivity contribution in [1.82, 2.24) is 4.98 Å². The molecule has 1 saturated heterocycles. The number of benzene rings is 1. The van der Waals surface area contributed by atoms with Gasteiger partial charge in [-0.1, -0.05) is 24.3 Å². The number of para-hydroxylation sites is 1. The first-order valence-electron chi connectivity index (χ1n) is 9.20. The van der Waals surface area contributed by atoms with Gasteiger partial charge in [-0.05, 0) is 62.3 Å². The van der Waals surface area contributed by atoms with Gasteiger partial charge in [-0.25, -0.2) is 4.98 Å². The number of pyridine rings is 1. The summed E-state index contributed by atoms with van der Waals surface area (Å²) in [4.78, 5) is 19.7. The second-order valence-corrected chi connectivity index (χ2v) is 7.19. The van der Waals surface area contributed by atoms with E-state index in [0.717, 1.165) is 54.1 Å². The predicted octanol–water partition coefficient (Wildman–Crippen LogP) is 3.47. The lowest BCUT2D eigenvalue weighted by molar-refractivity contribution is 0.102. The first-order chi connectivity index (χ1) is 12.5. The highest BCUT2D eigenvalue weighted by Gasteiger charge is 2.22. The standard InChI is InChI=1S/C21H27N3O2/c1-14-6-4-7-15(2)19(14)23-21(26)20-16(3)9-10-18(22-20)24-11-5-8-17(12-24)13-25/h4,6-7,9-10,17,25H,5,8,11-13H2,1-3H3,(H,23,26). The molecule has 3 rings (SSSR count). The molecule has 26 heavy (non-hydrogen) atoms. The molecular weight excluding hydrogens is 326 g/mol. The van der Waals surface area contributed by atoms with Crippen LogP contribution >= 0.6 is 0 Å². The molecule has 1 atom stereocenters. The van der Waals surface area contributed by atoms with Crippen LogP contribution in [0, 0.1) is 26.7 Å². The number of nitrogens with zero attached hydrogens (tertiary/aromatic N) is 2. The molecule has 2 N–H and O–H groups in total. The van der Waals surface area contributed by atoms with Crippen LogP contribution in [0.1, 0.15) is 40.0 Å². The molecule has 1 fully saturated rings. The van der Waals surface area contributed by atoms with Crippen LogP contribution in [-0.2, 0) is 0 Å². The number of hydrogen-bond donors (Lipinski definition) is 2. The number of piperidine rings is 1. The number of aliphatic hydroxyl groups excluding tert-OH is 1. The molecule has 2 aromatic rings. The summed E-state index contributed by atoms with van der Waals surface area (Å²) in [6.45, 7) is 7.77. The number of amides is 1. The fourth-order valence-electron chi connectivity index (χ4n) is 3.53. The lowest BCUT2D eigenvalue weighted by atomic mass is 9.99. The summed E-state index contributed by atoms with van der Waals surface area (Å²) in [5, 5.41) is 12.5. The lowest BCUT2D eigenvalue weighted by Gasteiger charge is -2.33. The van der Waals surface area contributed by atoms with E-state index in [1.807, 2.05) is 51.1 Å². The highest BCUT2D eigenvalue weighted by Crippen LogP contribution is 2.24. The zero-order valence-corrected chi connectivity index (χ0v) is 15.7. The molecule has 1 aliphatic rings. The zero-order valence-electron chi connectivity index (χ0n) is 15.7. The third-order valence-corrected chi connectivity index (χ3v) is 5.12. The van der Waals surface area contributed by atoms with Crippen molar-refractivity contribution in [2.45, 2.75) is 33.6 Å². The van der Waals surface area contributed by atoms with Gasteiger partial charge in [0.15, 0.2) is 0 Å². The van der Waals surface area contributed by atoms with E-state index in [1.54, 1.807) is 0 Å². The zero-order chi connectivity index (χ0) is 18.7. The van der Waals surface area contributed by atoms with Crippen LogP contribution in [0.3, 0.4) is 0 Å². The minimum atomic E-state index is -0.183. The number of anilines is 2. The van der Waals surface area contributed by atoms with Crippen molar-refractivity contribution in [1.29, 1.82) is 0 Å². The van der Waals surface area contributed by atoms with E-state index in [1.165, 1.54) is 0 Å². The van der Waals surface area contributed by atoms with Crippen LogP contribution in [-0.4, -0.2) is 35.7 Å². The number of carbonyl (C=O) groups is 1. The molecular formula is C21H27N3O2. The monoisotopic (exact) mass is 353 g/mol. The number of aromatic nitrogens is 1. The normalized spacial score (nSPS) is 17.2. The molecule has 5 heteroatoms.